The number of benzene rings is 1. The van der Waals surface area contributed by atoms with Crippen LogP contribution in [0.4, 0.5) is 5.82 Å². The second kappa shape index (κ2) is 9.46. The molecule has 0 radical (unpaired) electrons. The molecule has 2 N–H and O–H groups in total. The molecule has 2 aromatic rings. The van der Waals surface area contributed by atoms with E-state index in [4.69, 9.17) is 0 Å². The second-order valence-corrected chi connectivity index (χ2v) is 6.09. The fourth-order valence-corrected chi connectivity index (χ4v) is 2.33. The first-order valence-electron chi connectivity index (χ1n) is 8.54. The molecule has 136 valence electrons. The number of aryl methyl sites for hydroxylation is 2. The Bertz CT molecular complexity index is 788. The zero-order valence-electron chi connectivity index (χ0n) is 15.0. The molecule has 0 saturated heterocycles. The summed E-state index contributed by atoms with van der Waals surface area (Å²) in [7, 11) is 0. The van der Waals surface area contributed by atoms with Gasteiger partial charge in [0.25, 0.3) is 0 Å². The molecule has 0 spiro atoms. The number of Topliss-reactive ketones (excluding diaryl/α,β-unsaturated/α-hetero) is 1. The van der Waals surface area contributed by atoms with Crippen molar-refractivity contribution in [1.29, 1.82) is 0 Å². The molecule has 0 atom stereocenters. The Morgan fingerprint density at radius 3 is 2.42 bits per heavy atom. The van der Waals surface area contributed by atoms with Gasteiger partial charge in [-0.1, -0.05) is 18.2 Å². The summed E-state index contributed by atoms with van der Waals surface area (Å²) < 4.78 is 0. The van der Waals surface area contributed by atoms with Crippen molar-refractivity contribution >= 4 is 23.4 Å². The van der Waals surface area contributed by atoms with E-state index in [9.17, 15) is 14.4 Å². The molecular formula is C20H23N3O3. The monoisotopic (exact) mass is 353 g/mol. The molecule has 1 aromatic heterocycles. The Kier molecular flexibility index (Phi) is 7.02. The highest BCUT2D eigenvalue weighted by atomic mass is 16.2. The van der Waals surface area contributed by atoms with Crippen molar-refractivity contribution < 1.29 is 14.4 Å². The lowest BCUT2D eigenvalue weighted by atomic mass is 10.0. The number of aromatic nitrogens is 1. The molecule has 0 aliphatic rings. The highest BCUT2D eigenvalue weighted by Gasteiger charge is 2.10. The van der Waals surface area contributed by atoms with Gasteiger partial charge >= 0.3 is 0 Å². The van der Waals surface area contributed by atoms with E-state index < -0.39 is 0 Å². The third-order valence-electron chi connectivity index (χ3n) is 4.01. The van der Waals surface area contributed by atoms with Crippen LogP contribution in [-0.4, -0.2) is 29.1 Å². The summed E-state index contributed by atoms with van der Waals surface area (Å²) in [6.07, 6.45) is 1.99. The lowest BCUT2D eigenvalue weighted by Crippen LogP contribution is -2.28. The van der Waals surface area contributed by atoms with Crippen LogP contribution in [0.2, 0.25) is 0 Å². The molecule has 26 heavy (non-hydrogen) atoms. The largest absolute Gasteiger partial charge is 0.356 e. The van der Waals surface area contributed by atoms with Crippen LogP contribution in [0.25, 0.3) is 0 Å². The number of nitrogens with one attached hydrogen (secondary N) is 2. The minimum absolute atomic E-state index is 0.0591. The van der Waals surface area contributed by atoms with Crippen LogP contribution < -0.4 is 10.6 Å². The number of hydrogen-bond acceptors (Lipinski definition) is 4. The molecule has 1 aromatic carbocycles. The van der Waals surface area contributed by atoms with Crippen molar-refractivity contribution in [2.24, 2.45) is 0 Å². The summed E-state index contributed by atoms with van der Waals surface area (Å²) in [4.78, 5) is 39.7. The third kappa shape index (κ3) is 6.12. The summed E-state index contributed by atoms with van der Waals surface area (Å²) in [5.41, 5.74) is 2.80. The van der Waals surface area contributed by atoms with Crippen molar-refractivity contribution in [2.45, 2.75) is 33.1 Å². The van der Waals surface area contributed by atoms with Crippen LogP contribution >= 0.6 is 0 Å². The first kappa shape index (κ1) is 19.3. The van der Waals surface area contributed by atoms with Crippen LogP contribution in [0.15, 0.2) is 42.6 Å². The maximum atomic E-state index is 12.1. The molecule has 0 saturated carbocycles. The van der Waals surface area contributed by atoms with Crippen molar-refractivity contribution in [3.05, 3.63) is 59.3 Å². The van der Waals surface area contributed by atoms with E-state index in [1.54, 1.807) is 30.5 Å². The summed E-state index contributed by atoms with van der Waals surface area (Å²) in [6.45, 7) is 4.16. The molecule has 0 aliphatic carbocycles. The second-order valence-electron chi connectivity index (χ2n) is 6.09. The molecule has 1 heterocycles. The van der Waals surface area contributed by atoms with Gasteiger partial charge in [-0.15, -0.1) is 0 Å². The summed E-state index contributed by atoms with van der Waals surface area (Å²) in [5, 5.41) is 5.30. The average molecular weight is 353 g/mol. The fourth-order valence-electron chi connectivity index (χ4n) is 2.33. The van der Waals surface area contributed by atoms with Gasteiger partial charge in [0.2, 0.25) is 11.8 Å². The van der Waals surface area contributed by atoms with Crippen LogP contribution in [0.1, 0.15) is 40.7 Å². The molecule has 6 heteroatoms. The Morgan fingerprint density at radius 1 is 0.923 bits per heavy atom. The van der Waals surface area contributed by atoms with Crippen molar-refractivity contribution in [3.8, 4) is 0 Å². The number of anilines is 1. The molecule has 6 nitrogen and oxygen atoms in total. The topological polar surface area (TPSA) is 88.2 Å². The molecule has 2 rings (SSSR count). The molecule has 0 bridgehead atoms. The zero-order chi connectivity index (χ0) is 18.9. The Labute approximate surface area is 153 Å². The lowest BCUT2D eigenvalue weighted by molar-refractivity contribution is -0.121. The maximum absolute atomic E-state index is 12.1. The molecular weight excluding hydrogens is 330 g/mol. The highest BCUT2D eigenvalue weighted by molar-refractivity contribution is 5.98. The summed E-state index contributed by atoms with van der Waals surface area (Å²) in [6, 6.07) is 10.8. The molecule has 2 amide bonds. The van der Waals surface area contributed by atoms with E-state index in [0.29, 0.717) is 11.4 Å². The average Bonchev–Trinajstić information content (AvgIpc) is 2.62. The highest BCUT2D eigenvalue weighted by Crippen LogP contribution is 2.12. The molecule has 0 fully saturated rings. The smallest absolute Gasteiger partial charge is 0.227 e. The Hall–Kier alpha value is -3.02. The number of pyridine rings is 1. The maximum Gasteiger partial charge on any atom is 0.227 e. The Morgan fingerprint density at radius 2 is 1.73 bits per heavy atom. The fraction of sp³-hybridized carbons (Fsp3) is 0.300. The SMILES string of the molecule is Cc1ccc(C(=O)CCC(=O)NCCC(=O)Nc2ccccn2)cc1C. The van der Waals surface area contributed by atoms with E-state index in [-0.39, 0.29) is 43.4 Å². The van der Waals surface area contributed by atoms with Crippen molar-refractivity contribution in [2.75, 3.05) is 11.9 Å². The minimum Gasteiger partial charge on any atom is -0.356 e. The number of carbonyl (C=O) groups is 3. The van der Waals surface area contributed by atoms with Gasteiger partial charge in [0.05, 0.1) is 0 Å². The lowest BCUT2D eigenvalue weighted by Gasteiger charge is -2.07. The predicted octanol–water partition coefficient (Wildman–Crippen LogP) is 2.81. The first-order valence-corrected chi connectivity index (χ1v) is 8.54. The van der Waals surface area contributed by atoms with E-state index >= 15 is 0 Å². The number of amides is 2. The van der Waals surface area contributed by atoms with Gasteiger partial charge in [-0.05, 0) is 43.2 Å². The molecule has 0 unspecified atom stereocenters. The van der Waals surface area contributed by atoms with Crippen LogP contribution in [0.5, 0.6) is 0 Å². The van der Waals surface area contributed by atoms with Gasteiger partial charge < -0.3 is 10.6 Å². The number of rotatable bonds is 8. The third-order valence-corrected chi connectivity index (χ3v) is 4.01. The number of carbonyl (C=O) groups excluding carboxylic acids is 3. The zero-order valence-corrected chi connectivity index (χ0v) is 15.0. The normalized spacial score (nSPS) is 10.2. The van der Waals surface area contributed by atoms with E-state index in [1.807, 2.05) is 26.0 Å². The quantitative estimate of drug-likeness (QED) is 0.714. The van der Waals surface area contributed by atoms with Gasteiger partial charge in [-0.2, -0.15) is 0 Å². The van der Waals surface area contributed by atoms with Crippen molar-refractivity contribution in [1.82, 2.24) is 10.3 Å². The van der Waals surface area contributed by atoms with Gasteiger partial charge in [0.1, 0.15) is 5.82 Å². The summed E-state index contributed by atoms with van der Waals surface area (Å²) >= 11 is 0. The standard InChI is InChI=1S/C20H23N3O3/c1-14-6-7-16(13-15(14)2)17(24)8-9-19(25)22-12-10-20(26)23-18-5-3-4-11-21-18/h3-7,11,13H,8-10,12H2,1-2H3,(H,22,25)(H,21,23,26). The van der Waals surface area contributed by atoms with Gasteiger partial charge in [-0.25, -0.2) is 4.98 Å². The van der Waals surface area contributed by atoms with E-state index in [2.05, 4.69) is 15.6 Å². The van der Waals surface area contributed by atoms with Crippen LogP contribution in [0, 0.1) is 13.8 Å². The van der Waals surface area contributed by atoms with Crippen LogP contribution in [-0.2, 0) is 9.59 Å². The Balaban J connectivity index is 1.67. The number of hydrogen-bond donors (Lipinski definition) is 2. The van der Waals surface area contributed by atoms with Gasteiger partial charge in [0.15, 0.2) is 5.78 Å². The van der Waals surface area contributed by atoms with Gasteiger partial charge in [-0.3, -0.25) is 14.4 Å². The summed E-state index contributed by atoms with van der Waals surface area (Å²) in [5.74, 6) is -0.0537. The van der Waals surface area contributed by atoms with Gasteiger partial charge in [0, 0.05) is 37.6 Å². The minimum atomic E-state index is -0.243. The van der Waals surface area contributed by atoms with Crippen molar-refractivity contribution in [3.63, 3.8) is 0 Å². The first-order chi connectivity index (χ1) is 12.5. The van der Waals surface area contributed by atoms with E-state index in [0.717, 1.165) is 11.1 Å². The predicted molar refractivity (Wildman–Crippen MR) is 100.0 cm³/mol. The van der Waals surface area contributed by atoms with E-state index in [1.165, 1.54) is 0 Å². The van der Waals surface area contributed by atoms with Crippen LogP contribution in [0.3, 0.4) is 0 Å². The number of nitrogens with zero attached hydrogens (tertiary/aromatic N) is 1. The number of ketones is 1. The molecule has 0 aliphatic heterocycles.